The first-order valence-corrected chi connectivity index (χ1v) is 9.29. The van der Waals surface area contributed by atoms with Crippen molar-refractivity contribution in [2.75, 3.05) is 0 Å². The molecule has 0 nitrogen and oxygen atoms in total. The highest BCUT2D eigenvalue weighted by Gasteiger charge is 2.08. The van der Waals surface area contributed by atoms with Crippen LogP contribution in [-0.2, 0) is 0 Å². The molecule has 0 heteroatoms. The molecule has 0 aliphatic rings. The Kier molecular flexibility index (Phi) is 14.1. The fourth-order valence-electron chi connectivity index (χ4n) is 2.42. The summed E-state index contributed by atoms with van der Waals surface area (Å²) >= 11 is 0. The molecule has 0 N–H and O–H groups in total. The maximum Gasteiger partial charge on any atom is -0.0230 e. The normalized spacial score (nSPS) is 12.8. The van der Waals surface area contributed by atoms with Crippen LogP contribution in [0.3, 0.4) is 0 Å². The van der Waals surface area contributed by atoms with Crippen molar-refractivity contribution in [1.29, 1.82) is 0 Å². The minimum Gasteiger partial charge on any atom is -0.0839 e. The summed E-state index contributed by atoms with van der Waals surface area (Å²) < 4.78 is 0. The Bertz CT molecular complexity index is 252. The first kappa shape index (κ1) is 20.5. The van der Waals surface area contributed by atoms with E-state index in [2.05, 4.69) is 52.0 Å². The van der Waals surface area contributed by atoms with Gasteiger partial charge in [-0.2, -0.15) is 0 Å². The topological polar surface area (TPSA) is 0 Å². The first-order valence-electron chi connectivity index (χ1n) is 9.29. The molecular weight excluding hydrogens is 252 g/mol. The summed E-state index contributed by atoms with van der Waals surface area (Å²) in [5, 5.41) is 0. The molecule has 0 rings (SSSR count). The van der Waals surface area contributed by atoms with E-state index < -0.39 is 0 Å². The van der Waals surface area contributed by atoms with E-state index in [9.17, 15) is 0 Å². The number of hydrogen-bond acceptors (Lipinski definition) is 0. The largest absolute Gasteiger partial charge is 0.0839 e. The summed E-state index contributed by atoms with van der Waals surface area (Å²) in [6.07, 6.45) is 26.0. The lowest BCUT2D eigenvalue weighted by Crippen LogP contribution is -2.03. The zero-order valence-corrected chi connectivity index (χ0v) is 15.2. The maximum absolute atomic E-state index is 3.30. The molecule has 0 aromatic heterocycles. The molecule has 0 heterocycles. The second kappa shape index (κ2) is 14.4. The second-order valence-corrected chi connectivity index (χ2v) is 7.49. The van der Waals surface area contributed by atoms with Crippen LogP contribution in [-0.4, -0.2) is 0 Å². The molecule has 21 heavy (non-hydrogen) atoms. The van der Waals surface area contributed by atoms with Crippen molar-refractivity contribution in [2.24, 2.45) is 5.41 Å². The van der Waals surface area contributed by atoms with Gasteiger partial charge in [0.2, 0.25) is 0 Å². The highest BCUT2D eigenvalue weighted by molar-refractivity contribution is 4.95. The van der Waals surface area contributed by atoms with Crippen molar-refractivity contribution < 1.29 is 0 Å². The molecule has 0 aromatic rings. The van der Waals surface area contributed by atoms with Crippen molar-refractivity contribution in [2.45, 2.75) is 105 Å². The van der Waals surface area contributed by atoms with Gasteiger partial charge in [-0.05, 0) is 43.6 Å². The fraction of sp³-hybridized carbons (Fsp3) is 0.810. The van der Waals surface area contributed by atoms with Crippen LogP contribution in [0.15, 0.2) is 18.2 Å². The number of hydrogen-bond donors (Lipinski definition) is 0. The van der Waals surface area contributed by atoms with Crippen molar-refractivity contribution >= 4 is 0 Å². The third kappa shape index (κ3) is 19.5. The van der Waals surface area contributed by atoms with Gasteiger partial charge in [0, 0.05) is 0 Å². The predicted octanol–water partition coefficient (Wildman–Crippen LogP) is 7.65. The highest BCUT2D eigenvalue weighted by atomic mass is 14.1. The standard InChI is InChI=1S/C21H39/c1-5-6-7-8-9-10-11-12-13-14-15-16-17-18-19-20-21(2,3)4/h13,15-16H,5-12,17-20H2,1-4H3. The fourth-order valence-corrected chi connectivity index (χ4v) is 2.42. The third-order valence-electron chi connectivity index (χ3n) is 3.83. The summed E-state index contributed by atoms with van der Waals surface area (Å²) in [6, 6.07) is 0. The summed E-state index contributed by atoms with van der Waals surface area (Å²) in [7, 11) is 0. The summed E-state index contributed by atoms with van der Waals surface area (Å²) in [5.74, 6) is 0. The van der Waals surface area contributed by atoms with E-state index in [1.165, 1.54) is 77.0 Å². The average molecular weight is 292 g/mol. The van der Waals surface area contributed by atoms with Crippen molar-refractivity contribution in [3.8, 4) is 0 Å². The van der Waals surface area contributed by atoms with E-state index in [-0.39, 0.29) is 0 Å². The lowest BCUT2D eigenvalue weighted by Gasteiger charge is -2.16. The third-order valence-corrected chi connectivity index (χ3v) is 3.83. The molecule has 0 saturated heterocycles. The Balaban J connectivity index is 3.26. The van der Waals surface area contributed by atoms with Crippen LogP contribution < -0.4 is 0 Å². The molecule has 0 bridgehead atoms. The van der Waals surface area contributed by atoms with Gasteiger partial charge in [-0.3, -0.25) is 0 Å². The lowest BCUT2D eigenvalue weighted by molar-refractivity contribution is 0.361. The van der Waals surface area contributed by atoms with E-state index in [1.807, 2.05) is 0 Å². The van der Waals surface area contributed by atoms with Crippen molar-refractivity contribution in [1.82, 2.24) is 0 Å². The predicted molar refractivity (Wildman–Crippen MR) is 97.5 cm³/mol. The van der Waals surface area contributed by atoms with Crippen molar-refractivity contribution in [3.63, 3.8) is 0 Å². The van der Waals surface area contributed by atoms with Crippen LogP contribution >= 0.6 is 0 Å². The lowest BCUT2D eigenvalue weighted by atomic mass is 9.89. The molecule has 0 aromatic carbocycles. The smallest absolute Gasteiger partial charge is 0.0230 e. The molecule has 0 aliphatic carbocycles. The van der Waals surface area contributed by atoms with Gasteiger partial charge in [0.05, 0.1) is 0 Å². The minimum absolute atomic E-state index is 0.492. The molecule has 0 fully saturated rings. The Morgan fingerprint density at radius 2 is 1.38 bits per heavy atom. The number of unbranched alkanes of at least 4 members (excludes halogenated alkanes) is 9. The Morgan fingerprint density at radius 1 is 0.762 bits per heavy atom. The maximum atomic E-state index is 3.30. The molecule has 123 valence electrons. The molecule has 1 radical (unpaired) electrons. The molecule has 0 aliphatic heterocycles. The summed E-state index contributed by atoms with van der Waals surface area (Å²) in [6.45, 7) is 9.24. The van der Waals surface area contributed by atoms with Gasteiger partial charge in [-0.25, -0.2) is 0 Å². The molecule has 0 saturated carbocycles. The van der Waals surface area contributed by atoms with Gasteiger partial charge in [0.15, 0.2) is 0 Å². The Hall–Kier alpha value is -0.520. The highest BCUT2D eigenvalue weighted by Crippen LogP contribution is 2.21. The molecule has 0 atom stereocenters. The second-order valence-electron chi connectivity index (χ2n) is 7.49. The van der Waals surface area contributed by atoms with Gasteiger partial charge < -0.3 is 0 Å². The Labute approximate surface area is 135 Å². The van der Waals surface area contributed by atoms with Gasteiger partial charge in [-0.1, -0.05) is 90.9 Å². The first-order chi connectivity index (χ1) is 10.1. The van der Waals surface area contributed by atoms with E-state index in [0.29, 0.717) is 5.41 Å². The number of rotatable bonds is 13. The van der Waals surface area contributed by atoms with Gasteiger partial charge in [0.1, 0.15) is 0 Å². The van der Waals surface area contributed by atoms with Crippen LogP contribution in [0.1, 0.15) is 105 Å². The van der Waals surface area contributed by atoms with Crippen molar-refractivity contribution in [3.05, 3.63) is 24.3 Å². The Morgan fingerprint density at radius 3 is 2.05 bits per heavy atom. The zero-order chi connectivity index (χ0) is 15.8. The zero-order valence-electron chi connectivity index (χ0n) is 15.2. The molecule has 0 amide bonds. The monoisotopic (exact) mass is 291 g/mol. The van der Waals surface area contributed by atoms with Gasteiger partial charge in [-0.15, -0.1) is 0 Å². The minimum atomic E-state index is 0.492. The van der Waals surface area contributed by atoms with E-state index in [0.717, 1.165) is 0 Å². The number of allylic oxidation sites excluding steroid dienone is 4. The average Bonchev–Trinajstić information content (AvgIpc) is 2.42. The molecule has 0 unspecified atom stereocenters. The summed E-state index contributed by atoms with van der Waals surface area (Å²) in [5.41, 5.74) is 0.492. The quantitative estimate of drug-likeness (QED) is 0.241. The van der Waals surface area contributed by atoms with Crippen LogP contribution in [0.5, 0.6) is 0 Å². The van der Waals surface area contributed by atoms with E-state index in [4.69, 9.17) is 0 Å². The molecule has 0 spiro atoms. The van der Waals surface area contributed by atoms with Crippen LogP contribution in [0.2, 0.25) is 0 Å². The van der Waals surface area contributed by atoms with Gasteiger partial charge >= 0.3 is 0 Å². The molecular formula is C21H39. The van der Waals surface area contributed by atoms with E-state index >= 15 is 0 Å². The SMILES string of the molecule is CCCCCCCCC/C=[C]/C=CCCCCC(C)(C)C. The summed E-state index contributed by atoms with van der Waals surface area (Å²) in [4.78, 5) is 0. The van der Waals surface area contributed by atoms with Crippen LogP contribution in [0.4, 0.5) is 0 Å². The van der Waals surface area contributed by atoms with Crippen LogP contribution in [0, 0.1) is 11.5 Å². The van der Waals surface area contributed by atoms with Crippen LogP contribution in [0.25, 0.3) is 0 Å². The van der Waals surface area contributed by atoms with E-state index in [1.54, 1.807) is 0 Å². The van der Waals surface area contributed by atoms with Gasteiger partial charge in [0.25, 0.3) is 0 Å².